The van der Waals surface area contributed by atoms with Crippen molar-refractivity contribution >= 4 is 22.5 Å². The summed E-state index contributed by atoms with van der Waals surface area (Å²) in [5.41, 5.74) is 0.651. The highest BCUT2D eigenvalue weighted by atomic mass is 35.5. The zero-order chi connectivity index (χ0) is 15.1. The first-order valence-electron chi connectivity index (χ1n) is 6.44. The topological polar surface area (TPSA) is 62.7 Å². The van der Waals surface area contributed by atoms with Crippen molar-refractivity contribution in [3.05, 3.63) is 23.4 Å². The smallest absolute Gasteiger partial charge is 0.163 e. The molecule has 0 bridgehead atoms. The predicted octanol–water partition coefficient (Wildman–Crippen LogP) is 2.33. The molecule has 0 amide bonds. The number of nitrogens with zero attached hydrogens (tertiary/aromatic N) is 2. The van der Waals surface area contributed by atoms with Crippen molar-refractivity contribution in [1.29, 1.82) is 0 Å². The van der Waals surface area contributed by atoms with Gasteiger partial charge in [-0.15, -0.1) is 0 Å². The molecule has 6 nitrogen and oxygen atoms in total. The van der Waals surface area contributed by atoms with E-state index in [0.717, 1.165) is 5.39 Å². The molecule has 0 N–H and O–H groups in total. The Hall–Kier alpha value is -1.63. The molecule has 0 fully saturated rings. The summed E-state index contributed by atoms with van der Waals surface area (Å²) in [5.74, 6) is 1.17. The molecule has 1 heterocycles. The number of halogens is 1. The molecule has 7 heteroatoms. The van der Waals surface area contributed by atoms with Crippen LogP contribution in [0.4, 0.5) is 0 Å². The van der Waals surface area contributed by atoms with Crippen molar-refractivity contribution < 1.29 is 18.9 Å². The second kappa shape index (κ2) is 7.97. The van der Waals surface area contributed by atoms with Gasteiger partial charge in [0.05, 0.1) is 43.7 Å². The van der Waals surface area contributed by atoms with Crippen LogP contribution in [0.2, 0.25) is 5.02 Å². The molecule has 114 valence electrons. The number of ether oxygens (including phenoxy) is 4. The minimum Gasteiger partial charge on any atom is -0.493 e. The zero-order valence-electron chi connectivity index (χ0n) is 12.0. The van der Waals surface area contributed by atoms with E-state index >= 15 is 0 Å². The lowest BCUT2D eigenvalue weighted by atomic mass is 10.2. The van der Waals surface area contributed by atoms with E-state index in [0.29, 0.717) is 48.5 Å². The Bertz CT molecular complexity index is 594. The van der Waals surface area contributed by atoms with Crippen LogP contribution in [0.3, 0.4) is 0 Å². The van der Waals surface area contributed by atoms with Gasteiger partial charge in [-0.25, -0.2) is 0 Å². The maximum Gasteiger partial charge on any atom is 0.163 e. The lowest BCUT2D eigenvalue weighted by Crippen LogP contribution is -2.10. The summed E-state index contributed by atoms with van der Waals surface area (Å²) in [6.07, 6.45) is 1.49. The minimum atomic E-state index is 0.402. The quantitative estimate of drug-likeness (QED) is 0.697. The maximum atomic E-state index is 6.08. The van der Waals surface area contributed by atoms with Gasteiger partial charge in [0.2, 0.25) is 0 Å². The van der Waals surface area contributed by atoms with E-state index in [-0.39, 0.29) is 0 Å². The fraction of sp³-hybridized carbons (Fsp3) is 0.429. The van der Waals surface area contributed by atoms with Gasteiger partial charge in [0.25, 0.3) is 0 Å². The lowest BCUT2D eigenvalue weighted by molar-refractivity contribution is 0.0540. The second-order valence-corrected chi connectivity index (χ2v) is 4.57. The predicted molar refractivity (Wildman–Crippen MR) is 79.3 cm³/mol. The van der Waals surface area contributed by atoms with Gasteiger partial charge in [-0.3, -0.25) is 0 Å². The van der Waals surface area contributed by atoms with Crippen LogP contribution in [-0.4, -0.2) is 50.8 Å². The van der Waals surface area contributed by atoms with Crippen LogP contribution < -0.4 is 9.47 Å². The fourth-order valence-electron chi connectivity index (χ4n) is 1.76. The van der Waals surface area contributed by atoms with Crippen LogP contribution >= 0.6 is 11.6 Å². The van der Waals surface area contributed by atoms with Crippen LogP contribution in [-0.2, 0) is 9.47 Å². The molecule has 2 aromatic rings. The average Bonchev–Trinajstić information content (AvgIpc) is 2.50. The minimum absolute atomic E-state index is 0.402. The third kappa shape index (κ3) is 4.17. The van der Waals surface area contributed by atoms with Crippen LogP contribution in [0.1, 0.15) is 0 Å². The highest BCUT2D eigenvalue weighted by molar-refractivity contribution is 6.35. The monoisotopic (exact) mass is 312 g/mol. The highest BCUT2D eigenvalue weighted by Gasteiger charge is 2.10. The first kappa shape index (κ1) is 15.8. The summed E-state index contributed by atoms with van der Waals surface area (Å²) >= 11 is 6.08. The molecule has 0 spiro atoms. The zero-order valence-corrected chi connectivity index (χ0v) is 12.7. The van der Waals surface area contributed by atoms with Gasteiger partial charge in [-0.2, -0.15) is 10.2 Å². The highest BCUT2D eigenvalue weighted by Crippen LogP contribution is 2.33. The van der Waals surface area contributed by atoms with E-state index in [2.05, 4.69) is 10.2 Å². The van der Waals surface area contributed by atoms with Gasteiger partial charge in [-0.1, -0.05) is 11.6 Å². The fourth-order valence-corrected chi connectivity index (χ4v) is 1.96. The van der Waals surface area contributed by atoms with Gasteiger partial charge in [0.15, 0.2) is 11.5 Å². The van der Waals surface area contributed by atoms with E-state index < -0.39 is 0 Å². The van der Waals surface area contributed by atoms with E-state index in [1.54, 1.807) is 26.4 Å². The SMILES string of the molecule is COCCOCCOc1cc2nncc(Cl)c2cc1OC. The molecule has 0 saturated carbocycles. The Balaban J connectivity index is 2.05. The first-order chi connectivity index (χ1) is 10.3. The third-order valence-corrected chi connectivity index (χ3v) is 3.09. The Labute approximate surface area is 127 Å². The molecule has 0 atom stereocenters. The van der Waals surface area contributed by atoms with Crippen LogP contribution in [0.15, 0.2) is 18.3 Å². The Morgan fingerprint density at radius 2 is 1.86 bits per heavy atom. The summed E-state index contributed by atoms with van der Waals surface area (Å²) in [6.45, 7) is 1.97. The number of fused-ring (bicyclic) bond motifs is 1. The summed E-state index contributed by atoms with van der Waals surface area (Å²) in [6, 6.07) is 3.54. The van der Waals surface area contributed by atoms with Gasteiger partial charge >= 0.3 is 0 Å². The number of methoxy groups -OCH3 is 2. The molecule has 21 heavy (non-hydrogen) atoms. The Morgan fingerprint density at radius 3 is 2.62 bits per heavy atom. The van der Waals surface area contributed by atoms with Gasteiger partial charge in [0, 0.05) is 18.6 Å². The third-order valence-electron chi connectivity index (χ3n) is 2.79. The number of hydrogen-bond acceptors (Lipinski definition) is 6. The van der Waals surface area contributed by atoms with Crippen molar-refractivity contribution in [3.63, 3.8) is 0 Å². The molecule has 1 aromatic carbocycles. The van der Waals surface area contributed by atoms with Gasteiger partial charge in [0.1, 0.15) is 6.61 Å². The maximum absolute atomic E-state index is 6.08. The lowest BCUT2D eigenvalue weighted by Gasteiger charge is -2.12. The molecule has 0 aliphatic rings. The Morgan fingerprint density at radius 1 is 1.05 bits per heavy atom. The second-order valence-electron chi connectivity index (χ2n) is 4.17. The standard InChI is InChI=1S/C14H17ClN2O4/c1-18-3-4-20-5-6-21-14-8-12-10(7-13(14)19-2)11(15)9-16-17-12/h7-9H,3-6H2,1-2H3. The van der Waals surface area contributed by atoms with E-state index in [1.165, 1.54) is 6.20 Å². The molecule has 2 rings (SSSR count). The van der Waals surface area contributed by atoms with Crippen molar-refractivity contribution in [1.82, 2.24) is 10.2 Å². The van der Waals surface area contributed by atoms with Crippen LogP contribution in [0.25, 0.3) is 10.9 Å². The molecular weight excluding hydrogens is 296 g/mol. The molecule has 0 aliphatic heterocycles. The average molecular weight is 313 g/mol. The van der Waals surface area contributed by atoms with Crippen LogP contribution in [0.5, 0.6) is 11.5 Å². The van der Waals surface area contributed by atoms with Crippen molar-refractivity contribution in [2.75, 3.05) is 40.6 Å². The summed E-state index contributed by atoms with van der Waals surface area (Å²) < 4.78 is 21.2. The number of benzene rings is 1. The molecule has 1 aromatic heterocycles. The van der Waals surface area contributed by atoms with Crippen molar-refractivity contribution in [2.45, 2.75) is 0 Å². The molecule has 0 aliphatic carbocycles. The van der Waals surface area contributed by atoms with Gasteiger partial charge in [-0.05, 0) is 6.07 Å². The molecule has 0 unspecified atom stereocenters. The largest absolute Gasteiger partial charge is 0.493 e. The molecule has 0 saturated heterocycles. The van der Waals surface area contributed by atoms with Crippen LogP contribution in [0, 0.1) is 0 Å². The molecule has 0 radical (unpaired) electrons. The van der Waals surface area contributed by atoms with Crippen molar-refractivity contribution in [2.24, 2.45) is 0 Å². The van der Waals surface area contributed by atoms with E-state index in [1.807, 2.05) is 0 Å². The number of aromatic nitrogens is 2. The Kier molecular flexibility index (Phi) is 5.98. The number of rotatable bonds is 8. The van der Waals surface area contributed by atoms with Crippen molar-refractivity contribution in [3.8, 4) is 11.5 Å². The normalized spacial score (nSPS) is 10.8. The van der Waals surface area contributed by atoms with E-state index in [4.69, 9.17) is 30.5 Å². The summed E-state index contributed by atoms with van der Waals surface area (Å²) in [4.78, 5) is 0. The van der Waals surface area contributed by atoms with E-state index in [9.17, 15) is 0 Å². The summed E-state index contributed by atoms with van der Waals surface area (Å²) in [7, 11) is 3.21. The van der Waals surface area contributed by atoms with Gasteiger partial charge < -0.3 is 18.9 Å². The molecular formula is C14H17ClN2O4. The summed E-state index contributed by atoms with van der Waals surface area (Å²) in [5, 5.41) is 9.14. The number of hydrogen-bond donors (Lipinski definition) is 0. The first-order valence-corrected chi connectivity index (χ1v) is 6.82.